The Morgan fingerprint density at radius 2 is 2.25 bits per heavy atom. The van der Waals surface area contributed by atoms with Crippen LogP contribution in [-0.4, -0.2) is 0 Å². The lowest BCUT2D eigenvalue weighted by Gasteiger charge is -2.02. The van der Waals surface area contributed by atoms with E-state index in [9.17, 15) is 0 Å². The van der Waals surface area contributed by atoms with Crippen molar-refractivity contribution < 1.29 is 4.42 Å². The normalized spacial score (nSPS) is 9.94. The fraction of sp³-hybridized carbons (Fsp3) is 0.0833. The van der Waals surface area contributed by atoms with Gasteiger partial charge in [-0.2, -0.15) is 5.26 Å². The van der Waals surface area contributed by atoms with Crippen LogP contribution in [0, 0.1) is 11.3 Å². The van der Waals surface area contributed by atoms with Crippen molar-refractivity contribution in [3.63, 3.8) is 0 Å². The van der Waals surface area contributed by atoms with Crippen molar-refractivity contribution in [2.75, 3.05) is 5.73 Å². The van der Waals surface area contributed by atoms with E-state index in [1.54, 1.807) is 30.2 Å². The number of rotatable bonds is 3. The molecule has 1 aromatic heterocycles. The molecule has 3 nitrogen and oxygen atoms in total. The molecule has 80 valence electrons. The highest BCUT2D eigenvalue weighted by molar-refractivity contribution is 7.98. The molecule has 0 spiro atoms. The monoisotopic (exact) mass is 230 g/mol. The molecule has 0 aliphatic rings. The zero-order valence-electron chi connectivity index (χ0n) is 8.51. The summed E-state index contributed by atoms with van der Waals surface area (Å²) in [4.78, 5) is 1.02. The molecule has 1 heterocycles. The van der Waals surface area contributed by atoms with Gasteiger partial charge in [0, 0.05) is 10.6 Å². The zero-order chi connectivity index (χ0) is 11.4. The fourth-order valence-electron chi connectivity index (χ4n) is 1.27. The molecule has 2 rings (SSSR count). The number of hydrogen-bond donors (Lipinski definition) is 1. The number of nitriles is 1. The van der Waals surface area contributed by atoms with Gasteiger partial charge in [-0.05, 0) is 30.3 Å². The van der Waals surface area contributed by atoms with Gasteiger partial charge in [-0.25, -0.2) is 0 Å². The molecular formula is C12H10N2OS. The quantitative estimate of drug-likeness (QED) is 0.650. The topological polar surface area (TPSA) is 63.0 Å². The Morgan fingerprint density at radius 3 is 2.94 bits per heavy atom. The molecule has 0 aliphatic carbocycles. The molecule has 2 N–H and O–H groups in total. The average Bonchev–Trinajstić information content (AvgIpc) is 2.81. The van der Waals surface area contributed by atoms with Gasteiger partial charge in [0.25, 0.3) is 0 Å². The van der Waals surface area contributed by atoms with Gasteiger partial charge < -0.3 is 10.2 Å². The fourth-order valence-corrected chi connectivity index (χ4v) is 2.11. The Labute approximate surface area is 97.9 Å². The Balaban J connectivity index is 2.08. The van der Waals surface area contributed by atoms with Crippen LogP contribution in [0.2, 0.25) is 0 Å². The molecule has 0 saturated carbocycles. The first-order chi connectivity index (χ1) is 7.79. The minimum Gasteiger partial charge on any atom is -0.468 e. The standard InChI is InChI=1S/C12H10N2OS/c13-7-9-6-11(3-4-12(9)14)16-8-10-2-1-5-15-10/h1-6H,8,14H2. The molecule has 0 bridgehead atoms. The largest absolute Gasteiger partial charge is 0.468 e. The molecule has 0 fully saturated rings. The Kier molecular flexibility index (Phi) is 3.18. The van der Waals surface area contributed by atoms with Gasteiger partial charge in [-0.3, -0.25) is 0 Å². The average molecular weight is 230 g/mol. The number of nitrogen functional groups attached to an aromatic ring is 1. The Hall–Kier alpha value is -1.86. The Bertz CT molecular complexity index is 514. The number of nitrogens with two attached hydrogens (primary N) is 1. The molecule has 0 unspecified atom stereocenters. The molecule has 2 aromatic rings. The first kappa shape index (κ1) is 10.7. The third kappa shape index (κ3) is 2.38. The number of furan rings is 1. The second-order valence-corrected chi connectivity index (χ2v) is 4.28. The molecule has 4 heteroatoms. The van der Waals surface area contributed by atoms with Crippen molar-refractivity contribution in [1.82, 2.24) is 0 Å². The van der Waals surface area contributed by atoms with E-state index in [1.807, 2.05) is 18.2 Å². The van der Waals surface area contributed by atoms with Crippen LogP contribution in [0.15, 0.2) is 45.9 Å². The van der Waals surface area contributed by atoms with Crippen LogP contribution in [0.4, 0.5) is 5.69 Å². The Morgan fingerprint density at radius 1 is 1.38 bits per heavy atom. The number of hydrogen-bond acceptors (Lipinski definition) is 4. The van der Waals surface area contributed by atoms with E-state index in [1.165, 1.54) is 0 Å². The third-order valence-electron chi connectivity index (χ3n) is 2.11. The van der Waals surface area contributed by atoms with Crippen LogP contribution in [0.3, 0.4) is 0 Å². The number of benzene rings is 1. The highest BCUT2D eigenvalue weighted by Gasteiger charge is 2.02. The second-order valence-electron chi connectivity index (χ2n) is 3.23. The van der Waals surface area contributed by atoms with Crippen LogP contribution >= 0.6 is 11.8 Å². The van der Waals surface area contributed by atoms with Crippen LogP contribution in [0.1, 0.15) is 11.3 Å². The maximum atomic E-state index is 8.84. The molecule has 0 saturated heterocycles. The summed E-state index contributed by atoms with van der Waals surface area (Å²) in [6.07, 6.45) is 1.65. The predicted octanol–water partition coefficient (Wildman–Crippen LogP) is 3.03. The molecule has 1 aromatic carbocycles. The number of thioether (sulfide) groups is 1. The molecule has 0 radical (unpaired) electrons. The van der Waals surface area contributed by atoms with E-state index >= 15 is 0 Å². The highest BCUT2D eigenvalue weighted by atomic mass is 32.2. The van der Waals surface area contributed by atoms with Crippen molar-refractivity contribution in [2.24, 2.45) is 0 Å². The van der Waals surface area contributed by atoms with Crippen molar-refractivity contribution in [3.05, 3.63) is 47.9 Å². The summed E-state index contributed by atoms with van der Waals surface area (Å²) < 4.78 is 5.22. The smallest absolute Gasteiger partial charge is 0.113 e. The van der Waals surface area contributed by atoms with Gasteiger partial charge in [-0.1, -0.05) is 0 Å². The molecule has 0 aliphatic heterocycles. The van der Waals surface area contributed by atoms with Crippen molar-refractivity contribution >= 4 is 17.4 Å². The number of nitrogens with zero attached hydrogens (tertiary/aromatic N) is 1. The maximum absolute atomic E-state index is 8.84. The van der Waals surface area contributed by atoms with E-state index in [-0.39, 0.29) is 0 Å². The lowest BCUT2D eigenvalue weighted by atomic mass is 10.2. The lowest BCUT2D eigenvalue weighted by molar-refractivity contribution is 0.530. The van der Waals surface area contributed by atoms with E-state index in [0.717, 1.165) is 16.4 Å². The van der Waals surface area contributed by atoms with E-state index in [0.29, 0.717) is 11.3 Å². The first-order valence-electron chi connectivity index (χ1n) is 4.74. The summed E-state index contributed by atoms with van der Waals surface area (Å²) in [5, 5.41) is 8.84. The van der Waals surface area contributed by atoms with Gasteiger partial charge in [0.05, 0.1) is 17.6 Å². The third-order valence-corrected chi connectivity index (χ3v) is 3.12. The van der Waals surface area contributed by atoms with Crippen LogP contribution in [0.5, 0.6) is 0 Å². The summed E-state index contributed by atoms with van der Waals surface area (Å²) in [7, 11) is 0. The first-order valence-corrected chi connectivity index (χ1v) is 5.73. The summed E-state index contributed by atoms with van der Waals surface area (Å²) >= 11 is 1.62. The number of anilines is 1. The summed E-state index contributed by atoms with van der Waals surface area (Å²) in [6.45, 7) is 0. The van der Waals surface area contributed by atoms with Gasteiger partial charge in [-0.15, -0.1) is 11.8 Å². The molecule has 0 atom stereocenters. The van der Waals surface area contributed by atoms with Gasteiger partial charge in [0.15, 0.2) is 0 Å². The van der Waals surface area contributed by atoms with Crippen molar-refractivity contribution in [3.8, 4) is 6.07 Å². The van der Waals surface area contributed by atoms with Crippen LogP contribution in [-0.2, 0) is 5.75 Å². The lowest BCUT2D eigenvalue weighted by Crippen LogP contribution is -1.89. The van der Waals surface area contributed by atoms with Gasteiger partial charge in [0.1, 0.15) is 11.8 Å². The van der Waals surface area contributed by atoms with Gasteiger partial charge >= 0.3 is 0 Å². The van der Waals surface area contributed by atoms with E-state index < -0.39 is 0 Å². The van der Waals surface area contributed by atoms with Crippen molar-refractivity contribution in [2.45, 2.75) is 10.6 Å². The summed E-state index contributed by atoms with van der Waals surface area (Å²) in [6, 6.07) is 11.3. The molecular weight excluding hydrogens is 220 g/mol. The minimum atomic E-state index is 0.518. The summed E-state index contributed by atoms with van der Waals surface area (Å²) in [5.41, 5.74) is 6.68. The highest BCUT2D eigenvalue weighted by Crippen LogP contribution is 2.25. The maximum Gasteiger partial charge on any atom is 0.113 e. The van der Waals surface area contributed by atoms with Gasteiger partial charge in [0.2, 0.25) is 0 Å². The minimum absolute atomic E-state index is 0.518. The molecule has 0 amide bonds. The van der Waals surface area contributed by atoms with E-state index in [4.69, 9.17) is 15.4 Å². The molecule has 16 heavy (non-hydrogen) atoms. The van der Waals surface area contributed by atoms with Crippen molar-refractivity contribution in [1.29, 1.82) is 5.26 Å². The predicted molar refractivity (Wildman–Crippen MR) is 63.8 cm³/mol. The summed E-state index contributed by atoms with van der Waals surface area (Å²) in [5.74, 6) is 1.67. The van der Waals surface area contributed by atoms with Crippen LogP contribution in [0.25, 0.3) is 0 Å². The zero-order valence-corrected chi connectivity index (χ0v) is 9.33. The second kappa shape index (κ2) is 4.77. The van der Waals surface area contributed by atoms with E-state index in [2.05, 4.69) is 6.07 Å². The SMILES string of the molecule is N#Cc1cc(SCc2ccco2)ccc1N. The van der Waals surface area contributed by atoms with Crippen LogP contribution < -0.4 is 5.73 Å².